The molecule has 1 saturated carbocycles. The number of sulfone groups is 1. The first-order chi connectivity index (χ1) is 17.1. The van der Waals surface area contributed by atoms with Gasteiger partial charge in [-0.25, -0.2) is 18.4 Å². The maximum absolute atomic E-state index is 12.9. The van der Waals surface area contributed by atoms with Crippen LogP contribution in [0.2, 0.25) is 5.02 Å². The lowest BCUT2D eigenvalue weighted by Crippen LogP contribution is -2.34. The number of nitrogens with one attached hydrogen (secondary N) is 1. The number of hydrogen-bond donors (Lipinski definition) is 2. The third-order valence-corrected chi connectivity index (χ3v) is 8.40. The molecule has 1 aromatic carbocycles. The van der Waals surface area contributed by atoms with Crippen molar-refractivity contribution in [3.8, 4) is 11.8 Å². The number of aromatic nitrogens is 2. The van der Waals surface area contributed by atoms with Gasteiger partial charge >= 0.3 is 0 Å². The molecule has 1 saturated heterocycles. The van der Waals surface area contributed by atoms with Crippen LogP contribution in [0.4, 0.5) is 5.82 Å². The summed E-state index contributed by atoms with van der Waals surface area (Å²) in [5, 5.41) is 13.4. The van der Waals surface area contributed by atoms with Gasteiger partial charge in [0.1, 0.15) is 11.3 Å². The van der Waals surface area contributed by atoms with Gasteiger partial charge in [0.25, 0.3) is 0 Å². The summed E-state index contributed by atoms with van der Waals surface area (Å²) in [5.74, 6) is 6.04. The van der Waals surface area contributed by atoms with E-state index in [1.54, 1.807) is 12.1 Å². The van der Waals surface area contributed by atoms with Crippen molar-refractivity contribution < 1.29 is 23.1 Å². The van der Waals surface area contributed by atoms with Gasteiger partial charge in [0.05, 0.1) is 35.5 Å². The number of ether oxygens (including phenoxy) is 1. The van der Waals surface area contributed by atoms with Crippen molar-refractivity contribution in [1.29, 1.82) is 0 Å². The smallest absolute Gasteiger partial charge is 0.226 e. The largest absolute Gasteiger partial charge is 0.381 e. The molecule has 1 amide bonds. The van der Waals surface area contributed by atoms with Crippen molar-refractivity contribution in [2.24, 2.45) is 5.92 Å². The fraction of sp³-hybridized carbons (Fsp3) is 0.500. The van der Waals surface area contributed by atoms with Crippen LogP contribution >= 0.6 is 11.6 Å². The van der Waals surface area contributed by atoms with E-state index in [0.29, 0.717) is 43.5 Å². The molecule has 0 bridgehead atoms. The number of carbonyl (C=O) groups is 1. The van der Waals surface area contributed by atoms with Crippen LogP contribution in [-0.4, -0.2) is 54.5 Å². The number of nitrogens with zero attached hydrogens (tertiary/aromatic N) is 2. The monoisotopic (exact) mass is 531 g/mol. The summed E-state index contributed by atoms with van der Waals surface area (Å²) < 4.78 is 29.1. The average molecular weight is 532 g/mol. The Morgan fingerprint density at radius 1 is 1.25 bits per heavy atom. The summed E-state index contributed by atoms with van der Waals surface area (Å²) in [6, 6.07) is 4.96. The molecule has 8 nitrogen and oxygen atoms in total. The third kappa shape index (κ3) is 6.83. The van der Waals surface area contributed by atoms with Crippen molar-refractivity contribution in [1.82, 2.24) is 9.97 Å². The van der Waals surface area contributed by atoms with Crippen LogP contribution in [0.3, 0.4) is 0 Å². The minimum atomic E-state index is -3.43. The molecule has 1 aliphatic heterocycles. The Kier molecular flexibility index (Phi) is 8.30. The molecule has 2 aliphatic rings. The first kappa shape index (κ1) is 26.6. The van der Waals surface area contributed by atoms with E-state index in [1.807, 2.05) is 0 Å². The van der Waals surface area contributed by atoms with Crippen molar-refractivity contribution in [3.05, 3.63) is 46.9 Å². The van der Waals surface area contributed by atoms with Crippen LogP contribution in [0.15, 0.2) is 35.5 Å². The lowest BCUT2D eigenvalue weighted by atomic mass is 9.82. The minimum Gasteiger partial charge on any atom is -0.381 e. The predicted octanol–water partition coefficient (Wildman–Crippen LogP) is 3.73. The van der Waals surface area contributed by atoms with Gasteiger partial charge in [-0.2, -0.15) is 0 Å². The predicted molar refractivity (Wildman–Crippen MR) is 136 cm³/mol. The molecule has 2 heterocycles. The SMILES string of the molecule is CS(=O)(=O)c1ccc(C(CC(=O)Nc2cnc(C#CC3(O)CCOCC3)cn2)C2CCCC2)cc1Cl. The third-order valence-electron chi connectivity index (χ3n) is 6.82. The Balaban J connectivity index is 1.44. The van der Waals surface area contributed by atoms with Gasteiger partial charge in [0.2, 0.25) is 5.91 Å². The Morgan fingerprint density at radius 2 is 1.97 bits per heavy atom. The highest BCUT2D eigenvalue weighted by molar-refractivity contribution is 7.90. The summed E-state index contributed by atoms with van der Waals surface area (Å²) in [6.07, 6.45) is 9.38. The number of hydrogen-bond acceptors (Lipinski definition) is 7. The first-order valence-corrected chi connectivity index (χ1v) is 14.3. The van der Waals surface area contributed by atoms with Crippen molar-refractivity contribution >= 4 is 33.2 Å². The van der Waals surface area contributed by atoms with E-state index < -0.39 is 15.4 Å². The zero-order valence-electron chi connectivity index (χ0n) is 20.2. The van der Waals surface area contributed by atoms with E-state index in [4.69, 9.17) is 16.3 Å². The highest BCUT2D eigenvalue weighted by Crippen LogP contribution is 2.41. The fourth-order valence-corrected chi connectivity index (χ4v) is 6.17. The molecule has 10 heteroatoms. The van der Waals surface area contributed by atoms with Crippen LogP contribution in [0.1, 0.15) is 62.1 Å². The van der Waals surface area contributed by atoms with E-state index in [1.165, 1.54) is 18.5 Å². The molecule has 0 radical (unpaired) electrons. The van der Waals surface area contributed by atoms with Crippen LogP contribution in [0.5, 0.6) is 0 Å². The number of amides is 1. The first-order valence-electron chi connectivity index (χ1n) is 12.1. The van der Waals surface area contributed by atoms with Gasteiger partial charge < -0.3 is 15.2 Å². The van der Waals surface area contributed by atoms with Crippen molar-refractivity contribution in [3.63, 3.8) is 0 Å². The Hall–Kier alpha value is -2.51. The average Bonchev–Trinajstić information content (AvgIpc) is 3.36. The zero-order chi connectivity index (χ0) is 25.8. The van der Waals surface area contributed by atoms with Crippen LogP contribution < -0.4 is 5.32 Å². The van der Waals surface area contributed by atoms with E-state index in [9.17, 15) is 18.3 Å². The molecule has 0 spiro atoms. The zero-order valence-corrected chi connectivity index (χ0v) is 21.7. The molecule has 1 unspecified atom stereocenters. The van der Waals surface area contributed by atoms with Gasteiger partial charge in [0.15, 0.2) is 15.7 Å². The molecule has 4 rings (SSSR count). The summed E-state index contributed by atoms with van der Waals surface area (Å²) >= 11 is 6.30. The van der Waals surface area contributed by atoms with Crippen molar-refractivity contribution in [2.45, 2.75) is 61.4 Å². The summed E-state index contributed by atoms with van der Waals surface area (Å²) in [7, 11) is -3.43. The Morgan fingerprint density at radius 3 is 2.58 bits per heavy atom. The van der Waals surface area contributed by atoms with Crippen LogP contribution in [0.25, 0.3) is 0 Å². The van der Waals surface area contributed by atoms with E-state index in [-0.39, 0.29) is 28.2 Å². The Labute approximate surface area is 216 Å². The lowest BCUT2D eigenvalue weighted by Gasteiger charge is -2.26. The quantitative estimate of drug-likeness (QED) is 0.545. The summed E-state index contributed by atoms with van der Waals surface area (Å²) in [4.78, 5) is 21.5. The molecular formula is C26H30ClN3O5S. The molecule has 1 aliphatic carbocycles. The van der Waals surface area contributed by atoms with Gasteiger partial charge in [-0.1, -0.05) is 36.4 Å². The second-order valence-corrected chi connectivity index (χ2v) is 11.9. The van der Waals surface area contributed by atoms with Crippen LogP contribution in [-0.2, 0) is 19.4 Å². The van der Waals surface area contributed by atoms with Gasteiger partial charge in [0, 0.05) is 25.5 Å². The number of anilines is 1. The van der Waals surface area contributed by atoms with E-state index in [2.05, 4.69) is 27.1 Å². The molecule has 1 aromatic heterocycles. The second kappa shape index (κ2) is 11.3. The van der Waals surface area contributed by atoms with Crippen molar-refractivity contribution in [2.75, 3.05) is 24.8 Å². The molecule has 36 heavy (non-hydrogen) atoms. The number of benzene rings is 1. The topological polar surface area (TPSA) is 118 Å². The van der Waals surface area contributed by atoms with Gasteiger partial charge in [-0.3, -0.25) is 4.79 Å². The number of aliphatic hydroxyl groups is 1. The fourth-order valence-electron chi connectivity index (χ4n) is 4.83. The molecule has 192 valence electrons. The Bertz CT molecular complexity index is 1260. The standard InChI is InChI=1S/C26H30ClN3O5S/c1-36(33,34)23-7-6-19(14-22(23)27)21(18-4-2-3-5-18)15-25(31)30-24-17-28-20(16-29-24)8-9-26(32)10-12-35-13-11-26/h6-7,14,16-18,21,32H,2-5,10-13,15H2,1H3,(H,29,30,31). The highest BCUT2D eigenvalue weighted by Gasteiger charge is 2.30. The number of halogens is 1. The van der Waals surface area contributed by atoms with Gasteiger partial charge in [-0.05, 0) is 48.3 Å². The second-order valence-electron chi connectivity index (χ2n) is 9.55. The molecule has 2 aromatic rings. The van der Waals surface area contributed by atoms with E-state index >= 15 is 0 Å². The molecule has 2 N–H and O–H groups in total. The lowest BCUT2D eigenvalue weighted by molar-refractivity contribution is -0.116. The summed E-state index contributed by atoms with van der Waals surface area (Å²) in [6.45, 7) is 0.940. The highest BCUT2D eigenvalue weighted by atomic mass is 35.5. The minimum absolute atomic E-state index is 0.0862. The number of carbonyl (C=O) groups excluding carboxylic acids is 1. The normalized spacial score (nSPS) is 18.8. The molecular weight excluding hydrogens is 502 g/mol. The summed E-state index contributed by atoms with van der Waals surface area (Å²) in [5.41, 5.74) is 0.180. The maximum Gasteiger partial charge on any atom is 0.226 e. The number of rotatable bonds is 6. The maximum atomic E-state index is 12.9. The molecule has 2 fully saturated rings. The molecule has 1 atom stereocenters. The van der Waals surface area contributed by atoms with Gasteiger partial charge in [-0.15, -0.1) is 0 Å². The van der Waals surface area contributed by atoms with Crippen LogP contribution in [0, 0.1) is 17.8 Å². The van der Waals surface area contributed by atoms with E-state index in [0.717, 1.165) is 37.5 Å².